The molecule has 1 aliphatic carbocycles. The number of fused-ring (bicyclic) bond motifs is 3. The number of hydrogen-bond donors (Lipinski definition) is 3. The number of amides is 2. The highest BCUT2D eigenvalue weighted by Gasteiger charge is 2.44. The number of nitrogens with one attached hydrogen (secondary N) is 2. The van der Waals surface area contributed by atoms with Crippen LogP contribution in [-0.4, -0.2) is 140 Å². The first-order chi connectivity index (χ1) is 32.3. The quantitative estimate of drug-likeness (QED) is 0.0534. The average Bonchev–Trinajstić information content (AvgIpc) is 3.98. The number of anilines is 1. The van der Waals surface area contributed by atoms with Gasteiger partial charge in [0.25, 0.3) is 0 Å². The average molecular weight is 905 g/mol. The lowest BCUT2D eigenvalue weighted by molar-refractivity contribution is -0.140. The molecule has 4 N–H and O–H groups in total. The summed E-state index contributed by atoms with van der Waals surface area (Å²) in [5, 5.41) is 9.17. The van der Waals surface area contributed by atoms with Crippen LogP contribution in [0.15, 0.2) is 79.3 Å². The Labute approximate surface area is 388 Å². The molecule has 4 atom stereocenters. The van der Waals surface area contributed by atoms with E-state index in [4.69, 9.17) is 29.4 Å². The van der Waals surface area contributed by atoms with Crippen LogP contribution in [0.4, 0.5) is 5.69 Å². The largest absolute Gasteiger partial charge is 0.491 e. The van der Waals surface area contributed by atoms with Gasteiger partial charge in [-0.3, -0.25) is 14.2 Å². The van der Waals surface area contributed by atoms with Gasteiger partial charge in [0.05, 0.1) is 57.4 Å². The second kappa shape index (κ2) is 23.4. The number of benzene rings is 2. The minimum Gasteiger partial charge on any atom is -0.491 e. The van der Waals surface area contributed by atoms with Crippen molar-refractivity contribution in [3.63, 3.8) is 0 Å². The molecule has 8 rings (SSSR count). The molecule has 1 unspecified atom stereocenters. The van der Waals surface area contributed by atoms with Crippen molar-refractivity contribution >= 4 is 39.2 Å². The highest BCUT2D eigenvalue weighted by Crippen LogP contribution is 2.35. The van der Waals surface area contributed by atoms with E-state index in [1.54, 1.807) is 13.2 Å². The minimum atomic E-state index is -0.435. The molecule has 354 valence electrons. The number of carbonyl (C=O) groups excluding carboxylic acids is 2. The molecule has 2 amide bonds. The third-order valence-electron chi connectivity index (χ3n) is 13.7. The molecule has 2 aliphatic heterocycles. The highest BCUT2D eigenvalue weighted by atomic mass is 16.6. The van der Waals surface area contributed by atoms with Crippen molar-refractivity contribution in [1.82, 2.24) is 35.0 Å². The molecule has 3 aliphatic rings. The summed E-state index contributed by atoms with van der Waals surface area (Å²) in [4.78, 5) is 40.9. The summed E-state index contributed by atoms with van der Waals surface area (Å²) in [6, 6.07) is 19.5. The molecule has 0 spiro atoms. The van der Waals surface area contributed by atoms with Gasteiger partial charge in [0, 0.05) is 66.0 Å². The Morgan fingerprint density at radius 3 is 2.29 bits per heavy atom. The molecular weight excluding hydrogens is 837 g/mol. The summed E-state index contributed by atoms with van der Waals surface area (Å²) >= 11 is 0. The summed E-state index contributed by atoms with van der Waals surface area (Å²) in [7, 11) is 1.78. The predicted octanol–water partition coefficient (Wildman–Crippen LogP) is 5.80. The van der Waals surface area contributed by atoms with Crippen molar-refractivity contribution in [1.29, 1.82) is 0 Å². The van der Waals surface area contributed by atoms with Gasteiger partial charge in [-0.2, -0.15) is 0 Å². The zero-order chi connectivity index (χ0) is 45.7. The van der Waals surface area contributed by atoms with Gasteiger partial charge in [-0.15, -0.1) is 0 Å². The van der Waals surface area contributed by atoms with Crippen LogP contribution in [0.1, 0.15) is 57.4 Å². The predicted molar refractivity (Wildman–Crippen MR) is 256 cm³/mol. The van der Waals surface area contributed by atoms with E-state index in [0.717, 1.165) is 110 Å². The van der Waals surface area contributed by atoms with Gasteiger partial charge in [-0.1, -0.05) is 43.5 Å². The van der Waals surface area contributed by atoms with Gasteiger partial charge in [0.1, 0.15) is 30.8 Å². The van der Waals surface area contributed by atoms with E-state index >= 15 is 0 Å². The fraction of sp³-hybridized carbons (Fsp3) is 0.529. The lowest BCUT2D eigenvalue weighted by Crippen LogP contribution is -2.58. The molecule has 15 nitrogen and oxygen atoms in total. The Morgan fingerprint density at radius 1 is 0.803 bits per heavy atom. The van der Waals surface area contributed by atoms with Crippen LogP contribution < -0.4 is 25.8 Å². The number of likely N-dealkylation sites (tertiary alicyclic amines) is 2. The molecule has 15 heteroatoms. The minimum absolute atomic E-state index is 0.0907. The molecular formula is C51H68N8O7. The van der Waals surface area contributed by atoms with Crippen molar-refractivity contribution in [3.05, 3.63) is 84.8 Å². The first kappa shape index (κ1) is 47.2. The number of nitrogens with two attached hydrogens (primary N) is 1. The molecule has 5 aromatic rings. The molecule has 1 saturated carbocycles. The Kier molecular flexibility index (Phi) is 16.7. The number of piperidine rings is 1. The van der Waals surface area contributed by atoms with Crippen LogP contribution >= 0.6 is 0 Å². The number of aromatic nitrogens is 3. The molecule has 3 fully saturated rings. The molecule has 66 heavy (non-hydrogen) atoms. The number of nitrogen functional groups attached to an aromatic ring is 1. The van der Waals surface area contributed by atoms with Crippen LogP contribution in [0.5, 0.6) is 11.6 Å². The SMILES string of the molecule is CNC(C)C(=O)N[C@H](C(=O)N1CC[C@H]2CCN(CCc3ccc(OCCOCCOCCOCCOc4cc5ccn(-c6cc7c(N)cccc7cn6)c5cn4)cc3)C[C@H]21)C1CCCCC1. The second-order valence-electron chi connectivity index (χ2n) is 17.9. The van der Waals surface area contributed by atoms with E-state index in [-0.39, 0.29) is 29.8 Å². The fourth-order valence-electron chi connectivity index (χ4n) is 9.73. The number of pyridine rings is 2. The smallest absolute Gasteiger partial charge is 0.245 e. The highest BCUT2D eigenvalue weighted by molar-refractivity contribution is 5.94. The van der Waals surface area contributed by atoms with Gasteiger partial charge in [-0.25, -0.2) is 9.97 Å². The monoisotopic (exact) mass is 905 g/mol. The van der Waals surface area contributed by atoms with Crippen LogP contribution in [-0.2, 0) is 30.2 Å². The molecule has 0 radical (unpaired) electrons. The van der Waals surface area contributed by atoms with E-state index in [1.165, 1.54) is 12.0 Å². The van der Waals surface area contributed by atoms with Gasteiger partial charge in [0.2, 0.25) is 17.7 Å². The zero-order valence-electron chi connectivity index (χ0n) is 38.7. The lowest BCUT2D eigenvalue weighted by atomic mass is 9.83. The number of rotatable bonds is 23. The van der Waals surface area contributed by atoms with Crippen LogP contribution in [0.25, 0.3) is 27.5 Å². The fourth-order valence-corrected chi connectivity index (χ4v) is 9.73. The lowest BCUT2D eigenvalue weighted by Gasteiger charge is -2.41. The second-order valence-corrected chi connectivity index (χ2v) is 17.9. The van der Waals surface area contributed by atoms with Crippen LogP contribution in [0.3, 0.4) is 0 Å². The summed E-state index contributed by atoms with van der Waals surface area (Å²) in [6.07, 6.45) is 14.2. The van der Waals surface area contributed by atoms with Crippen molar-refractivity contribution in [2.24, 2.45) is 11.8 Å². The van der Waals surface area contributed by atoms with E-state index in [0.29, 0.717) is 64.7 Å². The van der Waals surface area contributed by atoms with E-state index in [1.807, 2.05) is 72.4 Å². The number of nitrogens with zero attached hydrogens (tertiary/aromatic N) is 5. The Balaban J connectivity index is 0.659. The van der Waals surface area contributed by atoms with Gasteiger partial charge < -0.3 is 49.9 Å². The topological polar surface area (TPSA) is 168 Å². The Hall–Kier alpha value is -5.32. The standard InChI is InChI=1S/C51H68N8O7/c1-36(53-2)50(60)56-49(39-7-4-3-5-8-39)51(61)59-22-17-38-16-20-57(35-46(38)59)19-15-37-11-13-42(14-12-37)65-29-27-63-25-23-62-24-26-64-28-30-66-48-31-40-18-21-58(45(40)34-55-48)47-32-43-41(33-54-47)9-6-10-44(43)52/h6,9-14,18,21,31-34,36,38-39,46,49,53H,3-5,7-8,15-17,19-20,22-30,35,52H2,1-2H3,(H,56,60)/t36?,38-,46-,49+/m1/s1. The van der Waals surface area contributed by atoms with Crippen LogP contribution in [0.2, 0.25) is 0 Å². The Bertz CT molecular complexity index is 2340. The number of hydrogen-bond acceptors (Lipinski definition) is 12. The summed E-state index contributed by atoms with van der Waals surface area (Å²) in [5.74, 6) is 2.91. The van der Waals surface area contributed by atoms with Crippen molar-refractivity contribution in [2.45, 2.75) is 76.4 Å². The molecule has 2 saturated heterocycles. The maximum Gasteiger partial charge on any atom is 0.245 e. The molecule has 5 heterocycles. The van der Waals surface area contributed by atoms with E-state index < -0.39 is 6.04 Å². The summed E-state index contributed by atoms with van der Waals surface area (Å²) in [6.45, 7) is 9.13. The van der Waals surface area contributed by atoms with Crippen LogP contribution in [0, 0.1) is 11.8 Å². The van der Waals surface area contributed by atoms with Gasteiger partial charge in [-0.05, 0) is 100 Å². The third kappa shape index (κ3) is 12.2. The third-order valence-corrected chi connectivity index (χ3v) is 13.7. The zero-order valence-corrected chi connectivity index (χ0v) is 38.7. The van der Waals surface area contributed by atoms with E-state index in [2.05, 4.69) is 42.5 Å². The molecule has 3 aromatic heterocycles. The maximum atomic E-state index is 14.2. The molecule has 2 aromatic carbocycles. The Morgan fingerprint density at radius 2 is 1.53 bits per heavy atom. The molecule has 0 bridgehead atoms. The summed E-state index contributed by atoms with van der Waals surface area (Å²) in [5.41, 5.74) is 9.11. The number of carbonyl (C=O) groups is 2. The number of ether oxygens (including phenoxy) is 5. The number of likely N-dealkylation sites (N-methyl/N-ethyl adjacent to an activating group) is 1. The maximum absolute atomic E-state index is 14.2. The summed E-state index contributed by atoms with van der Waals surface area (Å²) < 4.78 is 30.8. The normalized spacial score (nSPS) is 18.9. The van der Waals surface area contributed by atoms with E-state index in [9.17, 15) is 9.59 Å². The first-order valence-electron chi connectivity index (χ1n) is 24.0. The van der Waals surface area contributed by atoms with Gasteiger partial charge in [0.15, 0.2) is 0 Å². The first-order valence-corrected chi connectivity index (χ1v) is 24.0. The van der Waals surface area contributed by atoms with Gasteiger partial charge >= 0.3 is 0 Å². The van der Waals surface area contributed by atoms with Crippen molar-refractivity contribution < 1.29 is 33.3 Å². The van der Waals surface area contributed by atoms with Crippen molar-refractivity contribution in [3.8, 4) is 17.4 Å². The van der Waals surface area contributed by atoms with Crippen molar-refractivity contribution in [2.75, 3.05) is 91.8 Å².